The Kier molecular flexibility index (Phi) is 11.2. The summed E-state index contributed by atoms with van der Waals surface area (Å²) in [7, 11) is -4.65. The molecule has 2 aromatic rings. The zero-order chi connectivity index (χ0) is 41.8. The van der Waals surface area contributed by atoms with Gasteiger partial charge in [0.15, 0.2) is 6.23 Å². The summed E-state index contributed by atoms with van der Waals surface area (Å²) in [5.74, 6) is -0.532. The number of anilines is 1. The van der Waals surface area contributed by atoms with Crippen LogP contribution in [-0.2, 0) is 34.6 Å². The molecular weight excluding hydrogens is 747 g/mol. The summed E-state index contributed by atoms with van der Waals surface area (Å²) in [5.41, 5.74) is -5.65. The number of nitro groups is 1. The van der Waals surface area contributed by atoms with Crippen LogP contribution >= 0.6 is 0 Å². The van der Waals surface area contributed by atoms with E-state index in [1.165, 1.54) is 34.0 Å². The van der Waals surface area contributed by atoms with Gasteiger partial charge in [-0.2, -0.15) is 4.31 Å². The molecule has 17 heteroatoms. The van der Waals surface area contributed by atoms with E-state index in [4.69, 9.17) is 14.2 Å². The first-order valence-corrected chi connectivity index (χ1v) is 20.0. The summed E-state index contributed by atoms with van der Waals surface area (Å²) in [6.45, 7) is 16.6. The number of ether oxygens (including phenoxy) is 3. The second-order valence-corrected chi connectivity index (χ2v) is 19.1. The Labute approximate surface area is 327 Å². The van der Waals surface area contributed by atoms with Crippen molar-refractivity contribution in [2.75, 3.05) is 18.0 Å². The van der Waals surface area contributed by atoms with Crippen molar-refractivity contribution in [1.29, 1.82) is 0 Å². The summed E-state index contributed by atoms with van der Waals surface area (Å²) in [6.07, 6.45) is 1.04. The number of nitrogens with zero attached hydrogens (tertiary/aromatic N) is 4. The zero-order valence-corrected chi connectivity index (χ0v) is 34.4. The molecule has 2 aromatic carbocycles. The molecular formula is C39H53N5O11S. The minimum Gasteiger partial charge on any atom is -0.444 e. The molecule has 1 unspecified atom stereocenters. The van der Waals surface area contributed by atoms with E-state index in [2.05, 4.69) is 5.32 Å². The number of aliphatic hydroxyl groups is 1. The minimum absolute atomic E-state index is 0.156. The fraction of sp³-hybridized carbons (Fsp3) is 0.564. The van der Waals surface area contributed by atoms with Crippen molar-refractivity contribution in [2.24, 2.45) is 0 Å². The molecule has 2 saturated heterocycles. The quantitative estimate of drug-likeness (QED) is 0.222. The van der Waals surface area contributed by atoms with Crippen LogP contribution in [-0.4, -0.2) is 93.6 Å². The van der Waals surface area contributed by atoms with Crippen molar-refractivity contribution in [3.05, 3.63) is 69.8 Å². The van der Waals surface area contributed by atoms with E-state index < -0.39 is 73.4 Å². The first-order chi connectivity index (χ1) is 25.7. The van der Waals surface area contributed by atoms with Crippen LogP contribution in [0.15, 0.2) is 53.4 Å². The van der Waals surface area contributed by atoms with Gasteiger partial charge in [0, 0.05) is 30.8 Å². The second-order valence-electron chi connectivity index (χ2n) is 17.3. The highest BCUT2D eigenvalue weighted by atomic mass is 32.2. The van der Waals surface area contributed by atoms with Gasteiger partial charge in [0.05, 0.1) is 21.1 Å². The summed E-state index contributed by atoms with van der Waals surface area (Å²) in [6, 6.07) is 8.54. The summed E-state index contributed by atoms with van der Waals surface area (Å²) in [5, 5.41) is 25.0. The Morgan fingerprint density at radius 2 is 1.64 bits per heavy atom. The Balaban J connectivity index is 1.76. The van der Waals surface area contributed by atoms with Gasteiger partial charge in [0.25, 0.3) is 11.6 Å². The van der Waals surface area contributed by atoms with Crippen LogP contribution in [0.2, 0.25) is 0 Å². The molecule has 56 heavy (non-hydrogen) atoms. The first-order valence-electron chi connectivity index (χ1n) is 18.5. The first kappa shape index (κ1) is 42.6. The lowest BCUT2D eigenvalue weighted by atomic mass is 9.83. The number of hydrogen-bond acceptors (Lipinski definition) is 11. The fourth-order valence-corrected chi connectivity index (χ4v) is 9.62. The minimum atomic E-state index is -4.65. The second kappa shape index (κ2) is 14.7. The van der Waals surface area contributed by atoms with Crippen LogP contribution in [0.3, 0.4) is 0 Å². The molecule has 3 amide bonds. The van der Waals surface area contributed by atoms with Crippen molar-refractivity contribution in [1.82, 2.24) is 14.5 Å². The molecule has 306 valence electrons. The number of hydrogen-bond donors (Lipinski definition) is 2. The van der Waals surface area contributed by atoms with E-state index in [1.54, 1.807) is 79.7 Å². The van der Waals surface area contributed by atoms with E-state index in [0.717, 1.165) is 24.3 Å². The van der Waals surface area contributed by atoms with Crippen LogP contribution in [0, 0.1) is 10.1 Å². The number of fused-ring (bicyclic) bond motifs is 3. The van der Waals surface area contributed by atoms with Crippen LogP contribution in [0.1, 0.15) is 99.6 Å². The summed E-state index contributed by atoms with van der Waals surface area (Å²) in [4.78, 5) is 54.9. The maximum atomic E-state index is 15.1. The Bertz CT molecular complexity index is 2010. The SMILES string of the molecule is CC(C)(O)/C=C/c1cccc2c1[C@@]1(CCNC(=O)OC(C)(C)C)[C@H](OC(C)(C)N1S(=O)(=O)c1ccc([N+](=O)[O-])cc1)N2C(=O)C1CCCN1C(=O)OC(C)(C)C. The van der Waals surface area contributed by atoms with Crippen molar-refractivity contribution in [2.45, 2.75) is 134 Å². The molecule has 0 aromatic heterocycles. The van der Waals surface area contributed by atoms with Gasteiger partial charge in [-0.25, -0.2) is 18.0 Å². The average molecular weight is 800 g/mol. The molecule has 3 atom stereocenters. The predicted molar refractivity (Wildman–Crippen MR) is 207 cm³/mol. The average Bonchev–Trinajstić information content (AvgIpc) is 3.70. The fourth-order valence-electron chi connectivity index (χ4n) is 7.61. The van der Waals surface area contributed by atoms with E-state index >= 15 is 13.2 Å². The number of nitrogens with one attached hydrogen (secondary N) is 1. The molecule has 2 fully saturated rings. The van der Waals surface area contributed by atoms with Crippen molar-refractivity contribution in [3.63, 3.8) is 0 Å². The highest BCUT2D eigenvalue weighted by molar-refractivity contribution is 7.89. The summed E-state index contributed by atoms with van der Waals surface area (Å²) < 4.78 is 49.4. The lowest BCUT2D eigenvalue weighted by molar-refractivity contribution is -0.384. The van der Waals surface area contributed by atoms with Crippen LogP contribution < -0.4 is 10.2 Å². The number of sulfonamides is 1. The van der Waals surface area contributed by atoms with Gasteiger partial charge in [-0.3, -0.25) is 24.7 Å². The number of carbonyl (C=O) groups excluding carboxylic acids is 3. The highest BCUT2D eigenvalue weighted by Gasteiger charge is 2.70. The Hall–Kier alpha value is -4.58. The maximum absolute atomic E-state index is 15.1. The molecule has 0 bridgehead atoms. The predicted octanol–water partition coefficient (Wildman–Crippen LogP) is 6.02. The molecule has 2 N–H and O–H groups in total. The molecule has 0 spiro atoms. The number of non-ortho nitro benzene ring substituents is 1. The molecule has 0 radical (unpaired) electrons. The molecule has 5 rings (SSSR count). The summed E-state index contributed by atoms with van der Waals surface area (Å²) >= 11 is 0. The normalized spacial score (nSPS) is 22.6. The number of rotatable bonds is 9. The maximum Gasteiger partial charge on any atom is 0.410 e. The van der Waals surface area contributed by atoms with Gasteiger partial charge in [-0.15, -0.1) is 0 Å². The van der Waals surface area contributed by atoms with Crippen molar-refractivity contribution in [3.8, 4) is 0 Å². The van der Waals surface area contributed by atoms with Gasteiger partial charge < -0.3 is 24.6 Å². The van der Waals surface area contributed by atoms with E-state index in [9.17, 15) is 24.8 Å². The van der Waals surface area contributed by atoms with E-state index in [-0.39, 0.29) is 30.1 Å². The molecule has 3 heterocycles. The molecule has 0 aliphatic carbocycles. The lowest BCUT2D eigenvalue weighted by Gasteiger charge is -2.41. The Morgan fingerprint density at radius 3 is 2.21 bits per heavy atom. The molecule has 16 nitrogen and oxygen atoms in total. The molecule has 0 saturated carbocycles. The third-order valence-corrected chi connectivity index (χ3v) is 11.6. The van der Waals surface area contributed by atoms with E-state index in [1.807, 2.05) is 0 Å². The van der Waals surface area contributed by atoms with Crippen LogP contribution in [0.25, 0.3) is 6.08 Å². The van der Waals surface area contributed by atoms with Gasteiger partial charge in [-0.1, -0.05) is 24.3 Å². The third-order valence-electron chi connectivity index (χ3n) is 9.50. The van der Waals surface area contributed by atoms with Crippen molar-refractivity contribution >= 4 is 45.6 Å². The van der Waals surface area contributed by atoms with Crippen molar-refractivity contribution < 1.29 is 47.0 Å². The lowest BCUT2D eigenvalue weighted by Crippen LogP contribution is -2.58. The number of likely N-dealkylation sites (tertiary alicyclic amines) is 1. The number of benzene rings is 2. The van der Waals surface area contributed by atoms with Gasteiger partial charge >= 0.3 is 12.2 Å². The standard InChI is InChI=1S/C39H53N5O11S/c1-35(2,3)54-33(46)40-23-22-39-30-25(20-21-37(7,8)48)13-11-14-28(30)42(31(45)29-15-12-24-41(29)34(47)55-36(4,5)6)32(39)53-38(9,10)44(39)56(51,52)27-18-16-26(17-19-27)43(49)50/h11,13-14,16-21,29,32,48H,12,15,22-24H2,1-10H3,(H,40,46)/b21-20+/t29?,32-,39-/m0/s1. The van der Waals surface area contributed by atoms with Gasteiger partial charge in [-0.05, 0) is 112 Å². The zero-order valence-electron chi connectivity index (χ0n) is 33.6. The molecule has 3 aliphatic heterocycles. The highest BCUT2D eigenvalue weighted by Crippen LogP contribution is 2.60. The molecule has 3 aliphatic rings. The topological polar surface area (TPSA) is 198 Å². The number of amides is 3. The monoisotopic (exact) mass is 799 g/mol. The third kappa shape index (κ3) is 8.40. The largest absolute Gasteiger partial charge is 0.444 e. The number of carbonyl (C=O) groups is 3. The number of nitro benzene ring substituents is 1. The van der Waals surface area contributed by atoms with Crippen LogP contribution in [0.4, 0.5) is 21.0 Å². The number of alkyl carbamates (subject to hydrolysis) is 1. The van der Waals surface area contributed by atoms with E-state index in [0.29, 0.717) is 29.7 Å². The Morgan fingerprint density at radius 1 is 1.02 bits per heavy atom. The smallest absolute Gasteiger partial charge is 0.410 e. The van der Waals surface area contributed by atoms with Crippen LogP contribution in [0.5, 0.6) is 0 Å². The van der Waals surface area contributed by atoms with Gasteiger partial charge in [0.1, 0.15) is 28.5 Å². The van der Waals surface area contributed by atoms with Gasteiger partial charge in [0.2, 0.25) is 10.0 Å².